The van der Waals surface area contributed by atoms with Crippen LogP contribution in [0.2, 0.25) is 0 Å². The lowest BCUT2D eigenvalue weighted by atomic mass is 10.1. The van der Waals surface area contributed by atoms with Gasteiger partial charge in [-0.15, -0.1) is 24.0 Å². The highest BCUT2D eigenvalue weighted by Gasteiger charge is 2.13. The molecule has 14 heavy (non-hydrogen) atoms. The fourth-order valence-electron chi connectivity index (χ4n) is 1.45. The Balaban J connectivity index is 2.88. The lowest BCUT2D eigenvalue weighted by molar-refractivity contribution is 0.0698. The van der Waals surface area contributed by atoms with Crippen LogP contribution in [-0.2, 0) is 0 Å². The second-order valence-corrected chi connectivity index (χ2v) is 4.90. The molecule has 4 heteroatoms. The molecular weight excluding hydrogens is 216 g/mol. The highest BCUT2D eigenvalue weighted by atomic mass is 32.2. The maximum Gasteiger partial charge on any atom is 0.337 e. The lowest BCUT2D eigenvalue weighted by Gasteiger charge is -2.00. The van der Waals surface area contributed by atoms with Crippen LogP contribution in [0.3, 0.4) is 0 Å². The topological polar surface area (TPSA) is 37.3 Å². The fourth-order valence-corrected chi connectivity index (χ4v) is 2.86. The maximum absolute atomic E-state index is 11.0. The quantitative estimate of drug-likeness (QED) is 0.730. The van der Waals surface area contributed by atoms with Gasteiger partial charge < -0.3 is 5.11 Å². The highest BCUT2D eigenvalue weighted by Crippen LogP contribution is 2.32. The van der Waals surface area contributed by atoms with Crippen LogP contribution < -0.4 is 0 Å². The van der Waals surface area contributed by atoms with E-state index in [1.54, 1.807) is 6.92 Å². The van der Waals surface area contributed by atoms with Crippen LogP contribution in [-0.4, -0.2) is 11.1 Å². The van der Waals surface area contributed by atoms with Crippen molar-refractivity contribution in [3.63, 3.8) is 0 Å². The third-order valence-electron chi connectivity index (χ3n) is 2.10. The minimum atomic E-state index is -0.872. The van der Waals surface area contributed by atoms with E-state index in [0.29, 0.717) is 5.56 Å². The van der Waals surface area contributed by atoms with Crippen LogP contribution in [0.25, 0.3) is 10.1 Å². The summed E-state index contributed by atoms with van der Waals surface area (Å²) in [6.07, 6.45) is 0. The van der Waals surface area contributed by atoms with Crippen LogP contribution in [0.5, 0.6) is 0 Å². The largest absolute Gasteiger partial charge is 0.478 e. The van der Waals surface area contributed by atoms with Gasteiger partial charge in [0.2, 0.25) is 0 Å². The number of aromatic carboxylic acids is 1. The third-order valence-corrected chi connectivity index (χ3v) is 3.47. The van der Waals surface area contributed by atoms with Gasteiger partial charge in [0.1, 0.15) is 0 Å². The van der Waals surface area contributed by atoms with E-state index in [1.807, 2.05) is 18.2 Å². The van der Waals surface area contributed by atoms with Gasteiger partial charge >= 0.3 is 5.97 Å². The standard InChI is InChI=1S/C10H8O2S2/c1-5-2-3-6-4-7(13)14-9(6)8(5)10(11)12/h2-4,13H,1H3,(H,11,12). The second kappa shape index (κ2) is 3.29. The van der Waals surface area contributed by atoms with Gasteiger partial charge in [0.25, 0.3) is 0 Å². The average molecular weight is 224 g/mol. The van der Waals surface area contributed by atoms with Crippen molar-refractivity contribution < 1.29 is 9.90 Å². The number of carboxylic acids is 1. The predicted molar refractivity (Wildman–Crippen MR) is 60.8 cm³/mol. The second-order valence-electron chi connectivity index (χ2n) is 3.07. The molecule has 0 unspecified atom stereocenters. The third kappa shape index (κ3) is 1.40. The molecule has 0 aliphatic carbocycles. The van der Waals surface area contributed by atoms with Crippen molar-refractivity contribution in [2.75, 3.05) is 0 Å². The molecule has 1 N–H and O–H groups in total. The first kappa shape index (κ1) is 9.55. The average Bonchev–Trinajstić information content (AvgIpc) is 2.43. The van der Waals surface area contributed by atoms with E-state index in [4.69, 9.17) is 5.11 Å². The molecule has 0 aliphatic rings. The number of benzene rings is 1. The Labute approximate surface area is 90.6 Å². The molecular formula is C10H8O2S2. The van der Waals surface area contributed by atoms with Crippen molar-refractivity contribution in [2.45, 2.75) is 11.1 Å². The molecule has 0 atom stereocenters. The molecule has 0 fully saturated rings. The molecule has 1 aromatic carbocycles. The summed E-state index contributed by atoms with van der Waals surface area (Å²) in [6, 6.07) is 5.63. The van der Waals surface area contributed by atoms with Crippen molar-refractivity contribution in [3.8, 4) is 0 Å². The molecule has 2 aromatic rings. The minimum Gasteiger partial charge on any atom is -0.478 e. The van der Waals surface area contributed by atoms with Crippen LogP contribution in [0, 0.1) is 6.92 Å². The summed E-state index contributed by atoms with van der Waals surface area (Å²) in [5.74, 6) is -0.872. The summed E-state index contributed by atoms with van der Waals surface area (Å²) in [4.78, 5) is 11.0. The Morgan fingerprint density at radius 2 is 2.21 bits per heavy atom. The van der Waals surface area contributed by atoms with Gasteiger partial charge in [-0.1, -0.05) is 12.1 Å². The Morgan fingerprint density at radius 3 is 2.86 bits per heavy atom. The molecule has 0 spiro atoms. The molecule has 0 saturated heterocycles. The normalized spacial score (nSPS) is 10.7. The van der Waals surface area contributed by atoms with Crippen LogP contribution in [0.4, 0.5) is 0 Å². The first-order valence-electron chi connectivity index (χ1n) is 4.05. The fraction of sp³-hybridized carbons (Fsp3) is 0.100. The van der Waals surface area contributed by atoms with E-state index in [0.717, 1.165) is 19.9 Å². The van der Waals surface area contributed by atoms with Gasteiger partial charge in [-0.05, 0) is 23.9 Å². The minimum absolute atomic E-state index is 0.396. The van der Waals surface area contributed by atoms with E-state index in [1.165, 1.54) is 11.3 Å². The molecule has 0 aliphatic heterocycles. The maximum atomic E-state index is 11.0. The Bertz CT molecular complexity index is 514. The molecule has 1 aromatic heterocycles. The number of thiophene rings is 1. The monoisotopic (exact) mass is 224 g/mol. The summed E-state index contributed by atoms with van der Waals surface area (Å²) in [5, 5.41) is 10.0. The summed E-state index contributed by atoms with van der Waals surface area (Å²) >= 11 is 5.62. The highest BCUT2D eigenvalue weighted by molar-refractivity contribution is 7.83. The summed E-state index contributed by atoms with van der Waals surface area (Å²) in [5.41, 5.74) is 1.19. The molecule has 2 nitrogen and oxygen atoms in total. The van der Waals surface area contributed by atoms with Gasteiger partial charge in [0.05, 0.1) is 14.5 Å². The van der Waals surface area contributed by atoms with Crippen molar-refractivity contribution in [3.05, 3.63) is 29.3 Å². The van der Waals surface area contributed by atoms with Gasteiger partial charge in [0, 0.05) is 0 Å². The van der Waals surface area contributed by atoms with Crippen molar-refractivity contribution in [1.82, 2.24) is 0 Å². The van der Waals surface area contributed by atoms with Gasteiger partial charge in [-0.3, -0.25) is 0 Å². The van der Waals surface area contributed by atoms with Gasteiger partial charge in [-0.25, -0.2) is 4.79 Å². The van der Waals surface area contributed by atoms with Gasteiger partial charge in [0.15, 0.2) is 0 Å². The molecule has 1 heterocycles. The Morgan fingerprint density at radius 1 is 1.50 bits per heavy atom. The molecule has 0 radical (unpaired) electrons. The predicted octanol–water partition coefficient (Wildman–Crippen LogP) is 3.20. The van der Waals surface area contributed by atoms with Crippen molar-refractivity contribution in [2.24, 2.45) is 0 Å². The van der Waals surface area contributed by atoms with E-state index in [2.05, 4.69) is 12.6 Å². The first-order chi connectivity index (χ1) is 6.59. The molecule has 2 rings (SSSR count). The first-order valence-corrected chi connectivity index (χ1v) is 5.31. The SMILES string of the molecule is Cc1ccc2cc(S)sc2c1C(=O)O. The lowest BCUT2D eigenvalue weighted by Crippen LogP contribution is -1.99. The van der Waals surface area contributed by atoms with Crippen LogP contribution >= 0.6 is 24.0 Å². The number of hydrogen-bond donors (Lipinski definition) is 2. The van der Waals surface area contributed by atoms with Crippen molar-refractivity contribution >= 4 is 40.0 Å². The Kier molecular flexibility index (Phi) is 2.25. The van der Waals surface area contributed by atoms with E-state index >= 15 is 0 Å². The van der Waals surface area contributed by atoms with E-state index in [9.17, 15) is 4.79 Å². The van der Waals surface area contributed by atoms with Crippen LogP contribution in [0.15, 0.2) is 22.4 Å². The number of aryl methyl sites for hydroxylation is 1. The Hall–Kier alpha value is -1.00. The smallest absolute Gasteiger partial charge is 0.337 e. The number of carboxylic acid groups (broad SMARTS) is 1. The molecule has 72 valence electrons. The van der Waals surface area contributed by atoms with Crippen molar-refractivity contribution in [1.29, 1.82) is 0 Å². The summed E-state index contributed by atoms with van der Waals surface area (Å²) < 4.78 is 1.65. The number of thiol groups is 1. The zero-order valence-corrected chi connectivity index (χ0v) is 9.15. The van der Waals surface area contributed by atoms with E-state index < -0.39 is 5.97 Å². The van der Waals surface area contributed by atoms with Gasteiger partial charge in [-0.2, -0.15) is 0 Å². The number of carbonyl (C=O) groups is 1. The van der Waals surface area contributed by atoms with Crippen LogP contribution in [0.1, 0.15) is 15.9 Å². The van der Waals surface area contributed by atoms with E-state index in [-0.39, 0.29) is 0 Å². The zero-order chi connectivity index (χ0) is 10.3. The zero-order valence-electron chi connectivity index (χ0n) is 7.44. The number of fused-ring (bicyclic) bond motifs is 1. The number of rotatable bonds is 1. The summed E-state index contributed by atoms with van der Waals surface area (Å²) in [6.45, 7) is 1.81. The molecule has 0 saturated carbocycles. The number of hydrogen-bond acceptors (Lipinski definition) is 3. The summed E-state index contributed by atoms with van der Waals surface area (Å²) in [7, 11) is 0. The molecule has 0 amide bonds. The molecule has 0 bridgehead atoms.